The lowest BCUT2D eigenvalue weighted by atomic mass is 10.1. The number of aromatic nitrogens is 2. The Kier molecular flexibility index (Phi) is 4.22. The fraction of sp³-hybridized carbons (Fsp3) is 0.429. The van der Waals surface area contributed by atoms with E-state index in [2.05, 4.69) is 30.8 Å². The molecular formula is C21H24N6O. The minimum absolute atomic E-state index is 0.260. The van der Waals surface area contributed by atoms with Gasteiger partial charge < -0.3 is 14.8 Å². The van der Waals surface area contributed by atoms with E-state index >= 15 is 0 Å². The van der Waals surface area contributed by atoms with Gasteiger partial charge in [-0.1, -0.05) is 6.07 Å². The second-order valence-corrected chi connectivity index (χ2v) is 7.94. The van der Waals surface area contributed by atoms with E-state index in [0.29, 0.717) is 5.91 Å². The zero-order valence-electron chi connectivity index (χ0n) is 15.7. The molecule has 2 unspecified atom stereocenters. The standard InChI is InChI=1S/C21H24N6O/c22-13-25-20(19-8-16(10-24-19)15-2-1-7-23-9-15)26-11-17-5-6-18(12-26)27(17)21(28)14-3-4-14/h1-2,7-10,13-14,17-18,22,24H,3-6,11-12H2. The summed E-state index contributed by atoms with van der Waals surface area (Å²) in [6.07, 6.45) is 10.9. The first-order valence-corrected chi connectivity index (χ1v) is 9.97. The number of amidine groups is 1. The molecule has 2 atom stereocenters. The van der Waals surface area contributed by atoms with Gasteiger partial charge in [0.25, 0.3) is 0 Å². The number of H-pyrrole nitrogens is 1. The van der Waals surface area contributed by atoms with Crippen LogP contribution in [-0.4, -0.2) is 63.0 Å². The molecule has 1 amide bonds. The van der Waals surface area contributed by atoms with E-state index < -0.39 is 0 Å². The smallest absolute Gasteiger partial charge is 0.226 e. The number of pyridine rings is 1. The molecule has 7 heteroatoms. The molecule has 5 rings (SSSR count). The molecule has 4 heterocycles. The SMILES string of the molecule is N=CN=C(c1cc(-c2cccnc2)c[nH]1)N1CC2CCC(C1)N2C(=O)C1CC1. The fourth-order valence-electron chi connectivity index (χ4n) is 4.58. The summed E-state index contributed by atoms with van der Waals surface area (Å²) in [5, 5.41) is 7.53. The molecule has 0 aromatic carbocycles. The Hall–Kier alpha value is -2.96. The summed E-state index contributed by atoms with van der Waals surface area (Å²) in [4.78, 5) is 29.0. The predicted molar refractivity (Wildman–Crippen MR) is 107 cm³/mol. The van der Waals surface area contributed by atoms with Gasteiger partial charge in [0, 0.05) is 60.8 Å². The van der Waals surface area contributed by atoms with Crippen molar-refractivity contribution >= 4 is 18.1 Å². The molecule has 2 aromatic heterocycles. The van der Waals surface area contributed by atoms with Gasteiger partial charge in [-0.05, 0) is 37.8 Å². The lowest BCUT2D eigenvalue weighted by Gasteiger charge is -2.42. The fourth-order valence-corrected chi connectivity index (χ4v) is 4.58. The molecule has 144 valence electrons. The maximum Gasteiger partial charge on any atom is 0.226 e. The van der Waals surface area contributed by atoms with Crippen LogP contribution in [0.15, 0.2) is 41.8 Å². The molecule has 2 aliphatic heterocycles. The van der Waals surface area contributed by atoms with Crippen LogP contribution in [0.4, 0.5) is 0 Å². The number of carbonyl (C=O) groups excluding carboxylic acids is 1. The number of likely N-dealkylation sites (tertiary alicyclic amines) is 1. The molecule has 3 fully saturated rings. The Balaban J connectivity index is 1.38. The Morgan fingerprint density at radius 2 is 2.00 bits per heavy atom. The first kappa shape index (κ1) is 17.2. The summed E-state index contributed by atoms with van der Waals surface area (Å²) >= 11 is 0. The number of fused-ring (bicyclic) bond motifs is 2. The Morgan fingerprint density at radius 3 is 2.64 bits per heavy atom. The summed E-state index contributed by atoms with van der Waals surface area (Å²) in [6.45, 7) is 1.56. The molecule has 7 nitrogen and oxygen atoms in total. The molecule has 2 aromatic rings. The molecule has 2 N–H and O–H groups in total. The van der Waals surface area contributed by atoms with Crippen molar-refractivity contribution < 1.29 is 4.79 Å². The van der Waals surface area contributed by atoms with Crippen molar-refractivity contribution in [1.29, 1.82) is 5.41 Å². The molecular weight excluding hydrogens is 352 g/mol. The van der Waals surface area contributed by atoms with Gasteiger partial charge in [0.2, 0.25) is 5.91 Å². The van der Waals surface area contributed by atoms with Crippen LogP contribution in [0.1, 0.15) is 31.4 Å². The van der Waals surface area contributed by atoms with Crippen molar-refractivity contribution in [1.82, 2.24) is 19.8 Å². The van der Waals surface area contributed by atoms with Crippen molar-refractivity contribution in [2.24, 2.45) is 10.9 Å². The van der Waals surface area contributed by atoms with Crippen LogP contribution in [0.2, 0.25) is 0 Å². The monoisotopic (exact) mass is 376 g/mol. The number of aromatic amines is 1. The van der Waals surface area contributed by atoms with E-state index in [0.717, 1.165) is 67.8 Å². The number of aliphatic imine (C=N–C) groups is 1. The Labute approximate surface area is 164 Å². The summed E-state index contributed by atoms with van der Waals surface area (Å²) in [5.41, 5.74) is 2.98. The van der Waals surface area contributed by atoms with Crippen LogP contribution in [0.25, 0.3) is 11.1 Å². The highest BCUT2D eigenvalue weighted by Gasteiger charge is 2.47. The number of nitrogens with one attached hydrogen (secondary N) is 2. The summed E-state index contributed by atoms with van der Waals surface area (Å²) < 4.78 is 0. The third-order valence-corrected chi connectivity index (χ3v) is 6.07. The second-order valence-electron chi connectivity index (χ2n) is 7.94. The minimum atomic E-state index is 0.260. The van der Waals surface area contributed by atoms with Crippen molar-refractivity contribution in [3.8, 4) is 11.1 Å². The van der Waals surface area contributed by atoms with Gasteiger partial charge >= 0.3 is 0 Å². The predicted octanol–water partition coefficient (Wildman–Crippen LogP) is 2.52. The number of amides is 1. The minimum Gasteiger partial charge on any atom is -0.358 e. The number of piperazine rings is 1. The molecule has 2 saturated heterocycles. The third-order valence-electron chi connectivity index (χ3n) is 6.07. The van der Waals surface area contributed by atoms with Crippen molar-refractivity contribution in [3.63, 3.8) is 0 Å². The van der Waals surface area contributed by atoms with E-state index in [1.165, 1.54) is 0 Å². The normalized spacial score (nSPS) is 24.5. The summed E-state index contributed by atoms with van der Waals surface area (Å²) in [6, 6.07) is 6.52. The first-order valence-electron chi connectivity index (χ1n) is 9.97. The summed E-state index contributed by atoms with van der Waals surface area (Å²) in [5.74, 6) is 1.41. The largest absolute Gasteiger partial charge is 0.358 e. The number of hydrogen-bond donors (Lipinski definition) is 2. The second kappa shape index (κ2) is 6.89. The van der Waals surface area contributed by atoms with Gasteiger partial charge in [0.15, 0.2) is 5.84 Å². The van der Waals surface area contributed by atoms with Crippen LogP contribution < -0.4 is 0 Å². The van der Waals surface area contributed by atoms with Crippen molar-refractivity contribution in [2.45, 2.75) is 37.8 Å². The van der Waals surface area contributed by atoms with Gasteiger partial charge in [0.05, 0.1) is 5.69 Å². The number of rotatable bonds is 4. The molecule has 1 saturated carbocycles. The maximum atomic E-state index is 12.7. The lowest BCUT2D eigenvalue weighted by molar-refractivity contribution is -0.137. The van der Waals surface area contributed by atoms with E-state index in [4.69, 9.17) is 5.41 Å². The van der Waals surface area contributed by atoms with Crippen LogP contribution in [-0.2, 0) is 4.79 Å². The number of hydrogen-bond acceptors (Lipinski definition) is 3. The zero-order valence-corrected chi connectivity index (χ0v) is 15.7. The van der Waals surface area contributed by atoms with Crippen molar-refractivity contribution in [2.75, 3.05) is 13.1 Å². The maximum absolute atomic E-state index is 12.7. The third kappa shape index (κ3) is 3.00. The molecule has 3 aliphatic rings. The zero-order chi connectivity index (χ0) is 19.1. The van der Waals surface area contributed by atoms with Gasteiger partial charge in [-0.25, -0.2) is 4.99 Å². The molecule has 28 heavy (non-hydrogen) atoms. The Morgan fingerprint density at radius 1 is 1.21 bits per heavy atom. The topological polar surface area (TPSA) is 88.4 Å². The highest BCUT2D eigenvalue weighted by molar-refractivity contribution is 6.02. The Bertz CT molecular complexity index is 902. The highest BCUT2D eigenvalue weighted by atomic mass is 16.2. The number of nitrogens with zero attached hydrogens (tertiary/aromatic N) is 4. The molecule has 0 radical (unpaired) electrons. The van der Waals surface area contributed by atoms with Gasteiger partial charge in [0.1, 0.15) is 6.34 Å². The van der Waals surface area contributed by atoms with Crippen LogP contribution in [0.3, 0.4) is 0 Å². The average Bonchev–Trinajstić information content (AvgIpc) is 3.40. The summed E-state index contributed by atoms with van der Waals surface area (Å²) in [7, 11) is 0. The van der Waals surface area contributed by atoms with E-state index in [9.17, 15) is 4.79 Å². The van der Waals surface area contributed by atoms with Gasteiger partial charge in [-0.2, -0.15) is 0 Å². The molecule has 2 bridgehead atoms. The average molecular weight is 376 g/mol. The quantitative estimate of drug-likeness (QED) is 0.635. The van der Waals surface area contributed by atoms with E-state index in [-0.39, 0.29) is 18.0 Å². The van der Waals surface area contributed by atoms with E-state index in [1.807, 2.05) is 24.5 Å². The number of carbonyl (C=O) groups is 1. The highest BCUT2D eigenvalue weighted by Crippen LogP contribution is 2.38. The molecule has 0 spiro atoms. The van der Waals surface area contributed by atoms with Crippen LogP contribution >= 0.6 is 0 Å². The van der Waals surface area contributed by atoms with Crippen molar-refractivity contribution in [3.05, 3.63) is 42.5 Å². The lowest BCUT2D eigenvalue weighted by Crippen LogP contribution is -2.57. The van der Waals surface area contributed by atoms with Gasteiger partial charge in [-0.15, -0.1) is 0 Å². The van der Waals surface area contributed by atoms with E-state index in [1.54, 1.807) is 6.20 Å². The molecule has 1 aliphatic carbocycles. The van der Waals surface area contributed by atoms with Gasteiger partial charge in [-0.3, -0.25) is 15.2 Å². The van der Waals surface area contributed by atoms with Crippen LogP contribution in [0, 0.1) is 11.3 Å². The first-order chi connectivity index (χ1) is 13.7. The van der Waals surface area contributed by atoms with Crippen LogP contribution in [0.5, 0.6) is 0 Å².